The van der Waals surface area contributed by atoms with E-state index in [-0.39, 0.29) is 11.0 Å². The molecule has 0 fully saturated rings. The molecule has 0 spiro atoms. The van der Waals surface area contributed by atoms with Crippen molar-refractivity contribution >= 4 is 17.4 Å². The van der Waals surface area contributed by atoms with E-state index in [4.69, 9.17) is 5.11 Å². The van der Waals surface area contributed by atoms with E-state index in [1.807, 2.05) is 24.3 Å². The van der Waals surface area contributed by atoms with Gasteiger partial charge in [0, 0.05) is 11.3 Å². The smallest absolute Gasteiger partial charge is 0.335 e. The Hall–Kier alpha value is -2.88. The molecule has 0 heterocycles. The van der Waals surface area contributed by atoms with Gasteiger partial charge in [-0.25, -0.2) is 9.79 Å². The monoisotopic (exact) mass is 337 g/mol. The fraction of sp³-hybridized carbons (Fsp3) is 0.238. The number of hydrogen-bond donors (Lipinski definition) is 2. The van der Waals surface area contributed by atoms with Crippen LogP contribution in [-0.2, 0) is 5.41 Å². The van der Waals surface area contributed by atoms with Gasteiger partial charge < -0.3 is 10.2 Å². The first-order chi connectivity index (χ1) is 11.7. The van der Waals surface area contributed by atoms with Gasteiger partial charge in [-0.15, -0.1) is 0 Å². The zero-order valence-corrected chi connectivity index (χ0v) is 14.9. The van der Waals surface area contributed by atoms with Crippen LogP contribution in [0.15, 0.2) is 59.8 Å². The number of rotatable bonds is 4. The van der Waals surface area contributed by atoms with Crippen LogP contribution in [0.3, 0.4) is 0 Å². The first-order valence-electron chi connectivity index (χ1n) is 8.06. The van der Waals surface area contributed by atoms with Crippen LogP contribution >= 0.6 is 0 Å². The van der Waals surface area contributed by atoms with Crippen LogP contribution in [0.25, 0.3) is 5.70 Å². The molecule has 0 saturated heterocycles. The highest BCUT2D eigenvalue weighted by molar-refractivity contribution is 6.03. The number of aromatic carboxylic acids is 1. The number of carbonyl (C=O) groups is 1. The van der Waals surface area contributed by atoms with Gasteiger partial charge >= 0.3 is 5.97 Å². The summed E-state index contributed by atoms with van der Waals surface area (Å²) in [7, 11) is 0. The Morgan fingerprint density at radius 2 is 1.60 bits per heavy atom. The maximum atomic E-state index is 11.1. The van der Waals surface area contributed by atoms with Crippen molar-refractivity contribution in [3.63, 3.8) is 0 Å². The first-order valence-corrected chi connectivity index (χ1v) is 8.06. The largest absolute Gasteiger partial charge is 0.513 e. The quantitative estimate of drug-likeness (QED) is 0.606. The Morgan fingerprint density at radius 3 is 2.12 bits per heavy atom. The number of nitrogens with zero attached hydrogens (tertiary/aromatic N) is 1. The molecule has 0 saturated carbocycles. The number of benzene rings is 2. The molecule has 0 atom stereocenters. The third-order valence-corrected chi connectivity index (χ3v) is 3.98. The van der Waals surface area contributed by atoms with Crippen LogP contribution in [0.1, 0.15) is 54.7 Å². The van der Waals surface area contributed by atoms with Crippen molar-refractivity contribution < 1.29 is 15.0 Å². The van der Waals surface area contributed by atoms with Gasteiger partial charge in [0.25, 0.3) is 0 Å². The molecule has 0 radical (unpaired) electrons. The van der Waals surface area contributed by atoms with E-state index in [2.05, 4.69) is 25.8 Å². The van der Waals surface area contributed by atoms with Crippen LogP contribution < -0.4 is 0 Å². The molecule has 25 heavy (non-hydrogen) atoms. The van der Waals surface area contributed by atoms with E-state index in [1.54, 1.807) is 25.1 Å². The van der Waals surface area contributed by atoms with Gasteiger partial charge in [0.1, 0.15) is 12.0 Å². The minimum atomic E-state index is -0.981. The lowest BCUT2D eigenvalue weighted by molar-refractivity contribution is 0.0697. The summed E-state index contributed by atoms with van der Waals surface area (Å²) >= 11 is 0. The number of aliphatic hydroxyl groups excluding tert-OH is 1. The lowest BCUT2D eigenvalue weighted by atomic mass is 9.86. The summed E-state index contributed by atoms with van der Waals surface area (Å²) in [6, 6.07) is 14.5. The normalized spacial score (nSPS) is 13.0. The fourth-order valence-corrected chi connectivity index (χ4v) is 2.43. The standard InChI is InChI=1S/C21H23NO3/c1-14(16-6-5-7-17(12-16)20(24)25)22-19(13-23)15-8-10-18(11-9-15)21(2,3)4/h5-13,23H,1-4H3,(H,24,25)/b19-13-,22-14+. The van der Waals surface area contributed by atoms with Gasteiger partial charge in [0.2, 0.25) is 0 Å². The van der Waals surface area contributed by atoms with Gasteiger partial charge in [0.05, 0.1) is 5.56 Å². The molecule has 2 rings (SSSR count). The van der Waals surface area contributed by atoms with Crippen LogP contribution in [0.4, 0.5) is 0 Å². The maximum absolute atomic E-state index is 11.1. The van der Waals surface area contributed by atoms with Gasteiger partial charge in [-0.05, 0) is 35.6 Å². The SMILES string of the molecule is C/C(=N\C(=C/O)c1ccc(C(C)(C)C)cc1)c1cccc(C(=O)O)c1. The molecule has 2 aromatic carbocycles. The van der Waals surface area contributed by atoms with Gasteiger partial charge in [0.15, 0.2) is 0 Å². The highest BCUT2D eigenvalue weighted by Gasteiger charge is 2.13. The topological polar surface area (TPSA) is 69.9 Å². The zero-order valence-electron chi connectivity index (χ0n) is 14.9. The highest BCUT2D eigenvalue weighted by Crippen LogP contribution is 2.25. The molecule has 2 aromatic rings. The van der Waals surface area contributed by atoms with E-state index >= 15 is 0 Å². The van der Waals surface area contributed by atoms with Gasteiger partial charge in [-0.1, -0.05) is 57.2 Å². The Labute approximate surface area is 148 Å². The second kappa shape index (κ2) is 7.34. The Bertz CT molecular complexity index is 825. The van der Waals surface area contributed by atoms with E-state index in [9.17, 15) is 9.90 Å². The van der Waals surface area contributed by atoms with E-state index in [0.29, 0.717) is 17.0 Å². The third kappa shape index (κ3) is 4.57. The second-order valence-corrected chi connectivity index (χ2v) is 6.92. The number of carboxylic acids is 1. The summed E-state index contributed by atoms with van der Waals surface area (Å²) in [6.07, 6.45) is 0.969. The van der Waals surface area contributed by atoms with Crippen LogP contribution in [-0.4, -0.2) is 21.9 Å². The lowest BCUT2D eigenvalue weighted by Crippen LogP contribution is -2.10. The molecule has 0 aliphatic heterocycles. The average Bonchev–Trinajstić information content (AvgIpc) is 2.59. The number of carboxylic acid groups (broad SMARTS) is 1. The van der Waals surface area contributed by atoms with Gasteiger partial charge in [-0.2, -0.15) is 0 Å². The van der Waals surface area contributed by atoms with Crippen molar-refractivity contribution in [3.8, 4) is 0 Å². The molecule has 4 nitrogen and oxygen atoms in total. The Balaban J connectivity index is 2.34. The Morgan fingerprint density at radius 1 is 1.00 bits per heavy atom. The molecule has 0 aromatic heterocycles. The molecule has 0 aliphatic carbocycles. The third-order valence-electron chi connectivity index (χ3n) is 3.98. The van der Waals surface area contributed by atoms with Crippen molar-refractivity contribution in [1.82, 2.24) is 0 Å². The van der Waals surface area contributed by atoms with Crippen molar-refractivity contribution in [2.75, 3.05) is 0 Å². The minimum Gasteiger partial charge on any atom is -0.513 e. The minimum absolute atomic E-state index is 0.0536. The Kier molecular flexibility index (Phi) is 5.42. The summed E-state index contributed by atoms with van der Waals surface area (Å²) in [5, 5.41) is 18.7. The summed E-state index contributed by atoms with van der Waals surface area (Å²) in [5.41, 5.74) is 4.01. The van der Waals surface area contributed by atoms with E-state index < -0.39 is 5.97 Å². The van der Waals surface area contributed by atoms with Gasteiger partial charge in [-0.3, -0.25) is 0 Å². The molecule has 4 heteroatoms. The van der Waals surface area contributed by atoms with Crippen molar-refractivity contribution in [3.05, 3.63) is 77.0 Å². The lowest BCUT2D eigenvalue weighted by Gasteiger charge is -2.19. The first kappa shape index (κ1) is 18.5. The van der Waals surface area contributed by atoms with Crippen LogP contribution in [0.5, 0.6) is 0 Å². The molecule has 0 amide bonds. The van der Waals surface area contributed by atoms with Crippen LogP contribution in [0.2, 0.25) is 0 Å². The average molecular weight is 337 g/mol. The molecule has 0 aliphatic rings. The highest BCUT2D eigenvalue weighted by atomic mass is 16.4. The van der Waals surface area contributed by atoms with E-state index in [1.165, 1.54) is 11.6 Å². The molecular formula is C21H23NO3. The number of aliphatic imine (C=N–C) groups is 1. The van der Waals surface area contributed by atoms with Crippen molar-refractivity contribution in [2.45, 2.75) is 33.1 Å². The summed E-state index contributed by atoms with van der Waals surface area (Å²) in [6.45, 7) is 8.21. The predicted octanol–water partition coefficient (Wildman–Crippen LogP) is 5.05. The molecule has 0 bridgehead atoms. The number of aliphatic hydroxyl groups is 1. The number of hydrogen-bond acceptors (Lipinski definition) is 3. The summed E-state index contributed by atoms with van der Waals surface area (Å²) in [4.78, 5) is 15.6. The van der Waals surface area contributed by atoms with Crippen molar-refractivity contribution in [1.29, 1.82) is 0 Å². The second-order valence-electron chi connectivity index (χ2n) is 6.92. The van der Waals surface area contributed by atoms with Crippen LogP contribution in [0, 0.1) is 0 Å². The van der Waals surface area contributed by atoms with E-state index in [0.717, 1.165) is 11.8 Å². The predicted molar refractivity (Wildman–Crippen MR) is 101 cm³/mol. The fourth-order valence-electron chi connectivity index (χ4n) is 2.43. The maximum Gasteiger partial charge on any atom is 0.335 e. The summed E-state index contributed by atoms with van der Waals surface area (Å²) in [5.74, 6) is -0.981. The molecule has 0 unspecified atom stereocenters. The molecule has 130 valence electrons. The zero-order chi connectivity index (χ0) is 18.6. The molecule has 2 N–H and O–H groups in total. The summed E-state index contributed by atoms with van der Waals surface area (Å²) < 4.78 is 0. The molecular weight excluding hydrogens is 314 g/mol. The van der Waals surface area contributed by atoms with Crippen molar-refractivity contribution in [2.24, 2.45) is 4.99 Å².